The molecule has 1 aliphatic carbocycles. The van der Waals surface area contributed by atoms with E-state index < -0.39 is 0 Å². The van der Waals surface area contributed by atoms with E-state index in [1.807, 2.05) is 0 Å². The summed E-state index contributed by atoms with van der Waals surface area (Å²) in [6, 6.07) is 6.68. The highest BCUT2D eigenvalue weighted by molar-refractivity contribution is 6.21. The van der Waals surface area contributed by atoms with E-state index in [2.05, 4.69) is 32.0 Å². The van der Waals surface area contributed by atoms with Crippen molar-refractivity contribution < 1.29 is 0 Å². The van der Waals surface area contributed by atoms with Gasteiger partial charge in [0.15, 0.2) is 0 Å². The van der Waals surface area contributed by atoms with Crippen molar-refractivity contribution >= 4 is 11.6 Å². The number of fused-ring (bicyclic) bond motifs is 1. The van der Waals surface area contributed by atoms with Gasteiger partial charge < -0.3 is 0 Å². The Morgan fingerprint density at radius 2 is 2.15 bits per heavy atom. The summed E-state index contributed by atoms with van der Waals surface area (Å²) in [6.07, 6.45) is 2.33. The Balaban J connectivity index is 2.46. The van der Waals surface area contributed by atoms with Gasteiger partial charge >= 0.3 is 0 Å². The van der Waals surface area contributed by atoms with Gasteiger partial charge in [-0.25, -0.2) is 0 Å². The van der Waals surface area contributed by atoms with Gasteiger partial charge in [0.2, 0.25) is 0 Å². The van der Waals surface area contributed by atoms with Crippen molar-refractivity contribution in [1.82, 2.24) is 0 Å². The molecule has 70 valence electrons. The summed E-state index contributed by atoms with van der Waals surface area (Å²) in [4.78, 5) is 0. The van der Waals surface area contributed by atoms with E-state index >= 15 is 0 Å². The smallest absolute Gasteiger partial charge is 0.0593 e. The van der Waals surface area contributed by atoms with Crippen molar-refractivity contribution in [3.05, 3.63) is 34.9 Å². The number of hydrogen-bond donors (Lipinski definition) is 0. The molecule has 1 aromatic rings. The van der Waals surface area contributed by atoms with Crippen LogP contribution in [0.25, 0.3) is 0 Å². The number of benzene rings is 1. The monoisotopic (exact) mass is 194 g/mol. The fourth-order valence-electron chi connectivity index (χ4n) is 2.23. The van der Waals surface area contributed by atoms with Gasteiger partial charge in [-0.15, -0.1) is 11.6 Å². The van der Waals surface area contributed by atoms with Crippen LogP contribution in [0, 0.1) is 6.92 Å². The van der Waals surface area contributed by atoms with Gasteiger partial charge in [-0.3, -0.25) is 0 Å². The standard InChI is InChI=1S/C12H15Cl/c1-3-9-7-12(13)11-6-8(2)4-5-10(9)11/h4-6,9,12H,3,7H2,1-2H3. The van der Waals surface area contributed by atoms with E-state index in [9.17, 15) is 0 Å². The second kappa shape index (κ2) is 3.34. The van der Waals surface area contributed by atoms with Crippen LogP contribution >= 0.6 is 11.6 Å². The summed E-state index contributed by atoms with van der Waals surface area (Å²) in [5.74, 6) is 0.693. The van der Waals surface area contributed by atoms with Crippen LogP contribution in [0.4, 0.5) is 0 Å². The first-order valence-corrected chi connectivity index (χ1v) is 5.40. The average molecular weight is 195 g/mol. The Bertz CT molecular complexity index is 317. The lowest BCUT2D eigenvalue weighted by molar-refractivity contribution is 0.647. The molecule has 0 nitrogen and oxygen atoms in total. The van der Waals surface area contributed by atoms with E-state index in [4.69, 9.17) is 11.6 Å². The van der Waals surface area contributed by atoms with Gasteiger partial charge in [-0.2, -0.15) is 0 Å². The average Bonchev–Trinajstić information content (AvgIpc) is 2.43. The SMILES string of the molecule is CCC1CC(Cl)c2cc(C)ccc21. The first kappa shape index (κ1) is 9.08. The van der Waals surface area contributed by atoms with Crippen LogP contribution < -0.4 is 0 Å². The zero-order chi connectivity index (χ0) is 9.42. The molecule has 0 saturated heterocycles. The minimum absolute atomic E-state index is 0.250. The first-order valence-electron chi connectivity index (χ1n) is 4.97. The Hall–Kier alpha value is -0.490. The van der Waals surface area contributed by atoms with E-state index in [0.717, 1.165) is 6.42 Å². The molecule has 2 rings (SSSR count). The number of hydrogen-bond acceptors (Lipinski definition) is 0. The van der Waals surface area contributed by atoms with Gasteiger partial charge in [0.05, 0.1) is 5.38 Å². The van der Waals surface area contributed by atoms with Crippen LogP contribution in [0.5, 0.6) is 0 Å². The lowest BCUT2D eigenvalue weighted by Gasteiger charge is -2.07. The zero-order valence-electron chi connectivity index (χ0n) is 8.18. The molecule has 0 saturated carbocycles. The molecule has 2 unspecified atom stereocenters. The number of halogens is 1. The fraction of sp³-hybridized carbons (Fsp3) is 0.500. The van der Waals surface area contributed by atoms with Gasteiger partial charge in [-0.1, -0.05) is 30.7 Å². The molecule has 0 spiro atoms. The van der Waals surface area contributed by atoms with Crippen LogP contribution in [0.1, 0.15) is 47.8 Å². The van der Waals surface area contributed by atoms with Crippen LogP contribution in [0.3, 0.4) is 0 Å². The van der Waals surface area contributed by atoms with Crippen LogP contribution in [0.15, 0.2) is 18.2 Å². The Kier molecular flexibility index (Phi) is 2.33. The summed E-state index contributed by atoms with van der Waals surface area (Å²) < 4.78 is 0. The van der Waals surface area contributed by atoms with Crippen molar-refractivity contribution in [2.24, 2.45) is 0 Å². The largest absolute Gasteiger partial charge is 0.118 e. The molecule has 0 radical (unpaired) electrons. The second-order valence-corrected chi connectivity index (χ2v) is 4.47. The molecule has 1 heteroatoms. The normalized spacial score (nSPS) is 26.1. The molecule has 0 heterocycles. The van der Waals surface area contributed by atoms with Crippen molar-refractivity contribution in [3.8, 4) is 0 Å². The molecule has 0 N–H and O–H groups in total. The number of alkyl halides is 1. The highest BCUT2D eigenvalue weighted by Crippen LogP contribution is 2.45. The van der Waals surface area contributed by atoms with Gasteiger partial charge in [0.1, 0.15) is 0 Å². The quantitative estimate of drug-likeness (QED) is 0.589. The van der Waals surface area contributed by atoms with Gasteiger partial charge in [0, 0.05) is 0 Å². The van der Waals surface area contributed by atoms with Crippen LogP contribution in [0.2, 0.25) is 0 Å². The third-order valence-electron chi connectivity index (χ3n) is 3.00. The highest BCUT2D eigenvalue weighted by Gasteiger charge is 2.27. The van der Waals surface area contributed by atoms with Gasteiger partial charge in [-0.05, 0) is 36.8 Å². The fourth-order valence-corrected chi connectivity index (χ4v) is 2.63. The predicted molar refractivity (Wildman–Crippen MR) is 57.4 cm³/mol. The van der Waals surface area contributed by atoms with E-state index in [0.29, 0.717) is 5.92 Å². The van der Waals surface area contributed by atoms with E-state index in [-0.39, 0.29) is 5.38 Å². The molecule has 0 bridgehead atoms. The molecule has 0 fully saturated rings. The molecule has 1 aromatic carbocycles. The Morgan fingerprint density at radius 1 is 1.38 bits per heavy atom. The lowest BCUT2D eigenvalue weighted by Crippen LogP contribution is -1.90. The molecule has 13 heavy (non-hydrogen) atoms. The predicted octanol–water partition coefficient (Wildman–Crippen LogP) is 4.17. The van der Waals surface area contributed by atoms with Crippen molar-refractivity contribution in [3.63, 3.8) is 0 Å². The third kappa shape index (κ3) is 1.48. The van der Waals surface area contributed by atoms with E-state index in [1.165, 1.54) is 23.1 Å². The van der Waals surface area contributed by atoms with Crippen LogP contribution in [-0.4, -0.2) is 0 Å². The maximum Gasteiger partial charge on any atom is 0.0593 e. The topological polar surface area (TPSA) is 0 Å². The maximum atomic E-state index is 6.29. The third-order valence-corrected chi connectivity index (χ3v) is 3.42. The Morgan fingerprint density at radius 3 is 2.85 bits per heavy atom. The molecule has 0 aromatic heterocycles. The summed E-state index contributed by atoms with van der Waals surface area (Å²) in [7, 11) is 0. The summed E-state index contributed by atoms with van der Waals surface area (Å²) in [6.45, 7) is 4.37. The lowest BCUT2D eigenvalue weighted by atomic mass is 9.98. The summed E-state index contributed by atoms with van der Waals surface area (Å²) in [5.41, 5.74) is 4.17. The molecule has 0 amide bonds. The summed E-state index contributed by atoms with van der Waals surface area (Å²) >= 11 is 6.29. The Labute approximate surface area is 84.9 Å². The van der Waals surface area contributed by atoms with Crippen LogP contribution in [-0.2, 0) is 0 Å². The minimum atomic E-state index is 0.250. The molecule has 2 atom stereocenters. The molecule has 1 aliphatic rings. The number of aryl methyl sites for hydroxylation is 1. The molecule has 0 aliphatic heterocycles. The van der Waals surface area contributed by atoms with Crippen molar-refractivity contribution in [2.45, 2.75) is 38.0 Å². The zero-order valence-corrected chi connectivity index (χ0v) is 8.93. The maximum absolute atomic E-state index is 6.29. The number of rotatable bonds is 1. The first-order chi connectivity index (χ1) is 6.22. The van der Waals surface area contributed by atoms with E-state index in [1.54, 1.807) is 0 Å². The molecular formula is C12H15Cl. The summed E-state index contributed by atoms with van der Waals surface area (Å²) in [5, 5.41) is 0.250. The van der Waals surface area contributed by atoms with Gasteiger partial charge in [0.25, 0.3) is 0 Å². The van der Waals surface area contributed by atoms with Crippen molar-refractivity contribution in [1.29, 1.82) is 0 Å². The molecular weight excluding hydrogens is 180 g/mol. The minimum Gasteiger partial charge on any atom is -0.118 e. The van der Waals surface area contributed by atoms with Crippen molar-refractivity contribution in [2.75, 3.05) is 0 Å². The second-order valence-electron chi connectivity index (χ2n) is 3.94. The highest BCUT2D eigenvalue weighted by atomic mass is 35.5.